The molecule has 106 valence electrons. The summed E-state index contributed by atoms with van der Waals surface area (Å²) in [5.74, 6) is 5.89. The van der Waals surface area contributed by atoms with Crippen molar-refractivity contribution in [2.45, 2.75) is 26.2 Å². The van der Waals surface area contributed by atoms with Gasteiger partial charge >= 0.3 is 0 Å². The van der Waals surface area contributed by atoms with Crippen molar-refractivity contribution in [1.29, 1.82) is 0 Å². The van der Waals surface area contributed by atoms with E-state index >= 15 is 0 Å². The second kappa shape index (κ2) is 5.20. The van der Waals surface area contributed by atoms with Gasteiger partial charge in [-0.05, 0) is 12.1 Å². The molecule has 0 saturated heterocycles. The van der Waals surface area contributed by atoms with Crippen molar-refractivity contribution in [3.8, 4) is 0 Å². The van der Waals surface area contributed by atoms with Gasteiger partial charge in [-0.25, -0.2) is 0 Å². The molecule has 1 heterocycles. The number of para-hydroxylation sites is 1. The maximum absolute atomic E-state index is 12.1. The van der Waals surface area contributed by atoms with Crippen molar-refractivity contribution in [3.63, 3.8) is 0 Å². The first-order valence-corrected chi connectivity index (χ1v) is 6.22. The Bertz CT molecular complexity index is 644. The van der Waals surface area contributed by atoms with E-state index in [2.05, 4.69) is 21.0 Å². The lowest BCUT2D eigenvalue weighted by atomic mass is 9.93. The van der Waals surface area contributed by atoms with Crippen LogP contribution in [0.25, 0.3) is 0 Å². The summed E-state index contributed by atoms with van der Waals surface area (Å²) in [7, 11) is 0. The number of nitrogen functional groups attached to an aromatic ring is 1. The van der Waals surface area contributed by atoms with Gasteiger partial charge in [-0.3, -0.25) is 15.6 Å². The van der Waals surface area contributed by atoms with Crippen LogP contribution >= 0.6 is 0 Å². The van der Waals surface area contributed by atoms with Gasteiger partial charge in [0.15, 0.2) is 0 Å². The smallest absolute Gasteiger partial charge is 0.295 e. The van der Waals surface area contributed by atoms with Gasteiger partial charge in [-0.2, -0.15) is 4.68 Å². The van der Waals surface area contributed by atoms with Crippen molar-refractivity contribution < 1.29 is 0 Å². The largest absolute Gasteiger partial charge is 0.333 e. The molecule has 0 amide bonds. The van der Waals surface area contributed by atoms with Gasteiger partial charge in [-0.15, -0.1) is 10.2 Å². The van der Waals surface area contributed by atoms with Gasteiger partial charge in [0.25, 0.3) is 11.5 Å². The molecule has 7 nitrogen and oxygen atoms in total. The zero-order valence-electron chi connectivity index (χ0n) is 11.7. The van der Waals surface area contributed by atoms with Crippen molar-refractivity contribution in [2.24, 2.45) is 0 Å². The van der Waals surface area contributed by atoms with E-state index in [4.69, 9.17) is 5.84 Å². The van der Waals surface area contributed by atoms with Crippen LogP contribution in [0.1, 0.15) is 26.5 Å². The number of nitrogens with zero attached hydrogens (tertiary/aromatic N) is 3. The van der Waals surface area contributed by atoms with E-state index in [0.717, 1.165) is 10.4 Å². The van der Waals surface area contributed by atoms with Crippen LogP contribution in [0.5, 0.6) is 0 Å². The molecule has 2 aromatic rings. The third-order valence-electron chi connectivity index (χ3n) is 2.70. The highest BCUT2D eigenvalue weighted by atomic mass is 16.1. The molecule has 0 spiro atoms. The average Bonchev–Trinajstić information content (AvgIpc) is 2.40. The molecular weight excluding hydrogens is 256 g/mol. The fourth-order valence-corrected chi connectivity index (χ4v) is 1.60. The van der Waals surface area contributed by atoms with E-state index in [0.29, 0.717) is 5.69 Å². The number of aromatic nitrogens is 3. The Kier molecular flexibility index (Phi) is 3.60. The van der Waals surface area contributed by atoms with Crippen LogP contribution in [0.2, 0.25) is 0 Å². The predicted molar refractivity (Wildman–Crippen MR) is 78.8 cm³/mol. The minimum Gasteiger partial charge on any atom is -0.333 e. The maximum atomic E-state index is 12.1. The number of hydrogen-bond acceptors (Lipinski definition) is 6. The molecule has 1 aromatic heterocycles. The molecule has 0 aliphatic carbocycles. The summed E-state index contributed by atoms with van der Waals surface area (Å²) in [6.07, 6.45) is 0. The van der Waals surface area contributed by atoms with Crippen LogP contribution < -0.4 is 22.3 Å². The molecule has 0 aliphatic rings. The molecule has 0 aliphatic heterocycles. The topological polar surface area (TPSA) is 97.9 Å². The predicted octanol–water partition coefficient (Wildman–Crippen LogP) is 1.09. The molecule has 2 rings (SSSR count). The molecule has 7 heteroatoms. The number of anilines is 2. The van der Waals surface area contributed by atoms with E-state index in [1.54, 1.807) is 0 Å². The highest BCUT2D eigenvalue weighted by molar-refractivity contribution is 5.47. The summed E-state index contributed by atoms with van der Waals surface area (Å²) in [4.78, 5) is 12.1. The van der Waals surface area contributed by atoms with Gasteiger partial charge in [0.1, 0.15) is 5.69 Å². The van der Waals surface area contributed by atoms with Crippen LogP contribution in [-0.2, 0) is 5.41 Å². The summed E-state index contributed by atoms with van der Waals surface area (Å²) in [5.41, 5.74) is 6.03. The fraction of sp³-hybridized carbons (Fsp3) is 0.308. The third kappa shape index (κ3) is 2.87. The molecule has 0 unspecified atom stereocenters. The van der Waals surface area contributed by atoms with Crippen LogP contribution in [0.3, 0.4) is 0 Å². The van der Waals surface area contributed by atoms with E-state index < -0.39 is 5.41 Å². The Labute approximate surface area is 116 Å². The first-order valence-electron chi connectivity index (χ1n) is 6.22. The maximum Gasteiger partial charge on any atom is 0.295 e. The van der Waals surface area contributed by atoms with Gasteiger partial charge in [0.2, 0.25) is 0 Å². The third-order valence-corrected chi connectivity index (χ3v) is 2.70. The van der Waals surface area contributed by atoms with Crippen molar-refractivity contribution >= 4 is 11.6 Å². The Balaban J connectivity index is 2.23. The van der Waals surface area contributed by atoms with E-state index in [-0.39, 0.29) is 11.5 Å². The summed E-state index contributed by atoms with van der Waals surface area (Å²) in [5, 5.41) is 7.89. The Morgan fingerprint density at radius 2 is 1.75 bits per heavy atom. The number of rotatable bonds is 3. The lowest BCUT2D eigenvalue weighted by Crippen LogP contribution is -2.39. The standard InChI is InChI=1S/C13H18N6O/c1-13(2,3)10-11(20)19(14)12(18-16-10)17-15-9-7-5-4-6-8-9/h4-8,15H,14H2,1-3H3,(H,17,18). The first-order chi connectivity index (χ1) is 9.39. The van der Waals surface area contributed by atoms with E-state index in [9.17, 15) is 4.79 Å². The lowest BCUT2D eigenvalue weighted by Gasteiger charge is -2.18. The molecular formula is C13H18N6O. The number of nitrogens with one attached hydrogen (secondary N) is 2. The van der Waals surface area contributed by atoms with Crippen molar-refractivity contribution in [1.82, 2.24) is 14.9 Å². The van der Waals surface area contributed by atoms with Crippen LogP contribution in [-0.4, -0.2) is 14.9 Å². The highest BCUT2D eigenvalue weighted by Crippen LogP contribution is 2.15. The monoisotopic (exact) mass is 274 g/mol. The van der Waals surface area contributed by atoms with Crippen LogP contribution in [0.15, 0.2) is 35.1 Å². The van der Waals surface area contributed by atoms with Gasteiger partial charge in [-0.1, -0.05) is 39.0 Å². The Morgan fingerprint density at radius 3 is 2.35 bits per heavy atom. The molecule has 20 heavy (non-hydrogen) atoms. The normalized spacial score (nSPS) is 11.2. The molecule has 0 saturated carbocycles. The van der Waals surface area contributed by atoms with Crippen LogP contribution in [0, 0.1) is 0 Å². The molecule has 0 fully saturated rings. The summed E-state index contributed by atoms with van der Waals surface area (Å²) in [6.45, 7) is 5.65. The number of hydrogen-bond donors (Lipinski definition) is 3. The zero-order chi connectivity index (χ0) is 14.8. The Morgan fingerprint density at radius 1 is 1.10 bits per heavy atom. The number of benzene rings is 1. The Hall–Kier alpha value is -2.57. The molecule has 1 aromatic carbocycles. The van der Waals surface area contributed by atoms with Crippen molar-refractivity contribution in [2.75, 3.05) is 16.7 Å². The number of hydrazine groups is 1. The second-order valence-corrected chi connectivity index (χ2v) is 5.41. The summed E-state index contributed by atoms with van der Waals surface area (Å²) in [6, 6.07) is 9.40. The molecule has 0 bridgehead atoms. The summed E-state index contributed by atoms with van der Waals surface area (Å²) < 4.78 is 0.948. The fourth-order valence-electron chi connectivity index (χ4n) is 1.60. The number of nitrogens with two attached hydrogens (primary N) is 1. The van der Waals surface area contributed by atoms with Gasteiger partial charge in [0, 0.05) is 5.41 Å². The first kappa shape index (κ1) is 13.9. The van der Waals surface area contributed by atoms with Crippen LogP contribution in [0.4, 0.5) is 11.6 Å². The molecule has 0 atom stereocenters. The van der Waals surface area contributed by atoms with E-state index in [1.165, 1.54) is 0 Å². The lowest BCUT2D eigenvalue weighted by molar-refractivity contribution is 0.539. The summed E-state index contributed by atoms with van der Waals surface area (Å²) >= 11 is 0. The highest BCUT2D eigenvalue weighted by Gasteiger charge is 2.22. The van der Waals surface area contributed by atoms with E-state index in [1.807, 2.05) is 51.1 Å². The molecule has 0 radical (unpaired) electrons. The van der Waals surface area contributed by atoms with Crippen molar-refractivity contribution in [3.05, 3.63) is 46.4 Å². The minimum absolute atomic E-state index is 0.145. The van der Waals surface area contributed by atoms with Gasteiger partial charge in [0.05, 0.1) is 5.69 Å². The average molecular weight is 274 g/mol. The zero-order valence-corrected chi connectivity index (χ0v) is 11.7. The van der Waals surface area contributed by atoms with Gasteiger partial charge < -0.3 is 5.84 Å². The quantitative estimate of drug-likeness (QED) is 0.572. The minimum atomic E-state index is -0.406. The molecule has 4 N–H and O–H groups in total. The SMILES string of the molecule is CC(C)(C)c1nnc(NNc2ccccc2)n(N)c1=O. The second-order valence-electron chi connectivity index (χ2n) is 5.41.